The fraction of sp³-hybridized carbons (Fsp3) is 0.375. The predicted molar refractivity (Wildman–Crippen MR) is 91.8 cm³/mol. The van der Waals surface area contributed by atoms with E-state index in [2.05, 4.69) is 4.90 Å². The van der Waals surface area contributed by atoms with Gasteiger partial charge in [-0.05, 0) is 17.0 Å². The summed E-state index contributed by atoms with van der Waals surface area (Å²) in [7, 11) is 0. The first-order chi connectivity index (χ1) is 10.2. The third-order valence-electron chi connectivity index (χ3n) is 3.50. The van der Waals surface area contributed by atoms with E-state index in [1.807, 2.05) is 36.4 Å². The molecular formula is C16H18Cl3NO. The first kappa shape index (κ1) is 16.9. The number of fused-ring (bicyclic) bond motifs is 1. The van der Waals surface area contributed by atoms with Crippen molar-refractivity contribution in [2.24, 2.45) is 0 Å². The van der Waals surface area contributed by atoms with E-state index in [-0.39, 0.29) is 0 Å². The molecule has 0 saturated heterocycles. The Bertz CT molecular complexity index is 585. The molecule has 1 atom stereocenters. The van der Waals surface area contributed by atoms with E-state index in [4.69, 9.17) is 34.8 Å². The van der Waals surface area contributed by atoms with Crippen molar-refractivity contribution in [1.29, 1.82) is 0 Å². The first-order valence-corrected chi connectivity index (χ1v) is 8.31. The van der Waals surface area contributed by atoms with E-state index in [1.165, 1.54) is 0 Å². The number of benzene rings is 2. The average Bonchev–Trinajstić information content (AvgIpc) is 2.48. The van der Waals surface area contributed by atoms with Crippen molar-refractivity contribution in [3.63, 3.8) is 0 Å². The molecule has 2 aromatic carbocycles. The molecule has 2 nitrogen and oxygen atoms in total. The van der Waals surface area contributed by atoms with Crippen LogP contribution in [-0.2, 0) is 0 Å². The molecule has 0 saturated carbocycles. The Morgan fingerprint density at radius 3 is 2.19 bits per heavy atom. The molecule has 0 spiro atoms. The Labute approximate surface area is 140 Å². The van der Waals surface area contributed by atoms with E-state index in [9.17, 15) is 5.11 Å². The zero-order valence-corrected chi connectivity index (χ0v) is 13.9. The Morgan fingerprint density at radius 1 is 0.952 bits per heavy atom. The highest BCUT2D eigenvalue weighted by Gasteiger charge is 2.16. The molecule has 0 amide bonds. The Balaban J connectivity index is 2.26. The van der Waals surface area contributed by atoms with Gasteiger partial charge in [0, 0.05) is 41.8 Å². The van der Waals surface area contributed by atoms with Gasteiger partial charge in [-0.15, -0.1) is 23.2 Å². The second kappa shape index (κ2) is 8.21. The first-order valence-electron chi connectivity index (χ1n) is 6.87. The summed E-state index contributed by atoms with van der Waals surface area (Å²) >= 11 is 17.8. The van der Waals surface area contributed by atoms with Crippen molar-refractivity contribution in [1.82, 2.24) is 4.90 Å². The summed E-state index contributed by atoms with van der Waals surface area (Å²) in [4.78, 5) is 2.06. The van der Waals surface area contributed by atoms with E-state index < -0.39 is 6.10 Å². The van der Waals surface area contributed by atoms with Crippen LogP contribution in [0.4, 0.5) is 0 Å². The van der Waals surface area contributed by atoms with Crippen molar-refractivity contribution in [2.75, 3.05) is 31.4 Å². The van der Waals surface area contributed by atoms with E-state index in [0.29, 0.717) is 36.4 Å². The van der Waals surface area contributed by atoms with Crippen molar-refractivity contribution in [3.8, 4) is 0 Å². The highest BCUT2D eigenvalue weighted by atomic mass is 35.5. The highest BCUT2D eigenvalue weighted by Crippen LogP contribution is 2.30. The monoisotopic (exact) mass is 345 g/mol. The molecule has 0 aliphatic rings. The maximum atomic E-state index is 10.6. The maximum absolute atomic E-state index is 10.6. The minimum absolute atomic E-state index is 0.505. The predicted octanol–water partition coefficient (Wildman–Crippen LogP) is 4.31. The van der Waals surface area contributed by atoms with E-state index in [0.717, 1.165) is 16.3 Å². The molecule has 0 radical (unpaired) electrons. The summed E-state index contributed by atoms with van der Waals surface area (Å²) in [6.07, 6.45) is -0.599. The largest absolute Gasteiger partial charge is 0.387 e. The molecule has 0 fully saturated rings. The normalized spacial score (nSPS) is 13.0. The summed E-state index contributed by atoms with van der Waals surface area (Å²) in [5.41, 5.74) is 0.879. The summed E-state index contributed by atoms with van der Waals surface area (Å²) in [6, 6.07) is 11.5. The van der Waals surface area contributed by atoms with Crippen LogP contribution < -0.4 is 0 Å². The van der Waals surface area contributed by atoms with Crippen LogP contribution in [0.15, 0.2) is 36.4 Å². The Hall–Kier alpha value is -0.510. The zero-order chi connectivity index (χ0) is 15.2. The molecule has 0 aliphatic heterocycles. The van der Waals surface area contributed by atoms with Crippen molar-refractivity contribution in [3.05, 3.63) is 47.0 Å². The highest BCUT2D eigenvalue weighted by molar-refractivity contribution is 6.35. The van der Waals surface area contributed by atoms with Crippen LogP contribution in [0.1, 0.15) is 11.7 Å². The standard InChI is InChI=1S/C16H18Cl3NO/c17-7-9-20(10-8-18)11-16(21)14-5-6-15(19)13-4-2-1-3-12(13)14/h1-6,16,21H,7-11H2. The van der Waals surface area contributed by atoms with E-state index in [1.54, 1.807) is 0 Å². The van der Waals surface area contributed by atoms with Crippen LogP contribution in [0.5, 0.6) is 0 Å². The van der Waals surface area contributed by atoms with Gasteiger partial charge in [0.1, 0.15) is 0 Å². The van der Waals surface area contributed by atoms with Crippen LogP contribution in [-0.4, -0.2) is 41.4 Å². The lowest BCUT2D eigenvalue weighted by Crippen LogP contribution is -2.32. The van der Waals surface area contributed by atoms with E-state index >= 15 is 0 Å². The lowest BCUT2D eigenvalue weighted by molar-refractivity contribution is 0.121. The van der Waals surface area contributed by atoms with Gasteiger partial charge in [-0.1, -0.05) is 41.9 Å². The van der Waals surface area contributed by atoms with Gasteiger partial charge in [-0.25, -0.2) is 0 Å². The fourth-order valence-corrected chi connectivity index (χ4v) is 3.16. The summed E-state index contributed by atoms with van der Waals surface area (Å²) in [5.74, 6) is 1.04. The molecule has 2 aromatic rings. The molecule has 0 aliphatic carbocycles. The Morgan fingerprint density at radius 2 is 1.57 bits per heavy atom. The second-order valence-corrected chi connectivity index (χ2v) is 6.04. The lowest BCUT2D eigenvalue weighted by atomic mass is 10.00. The lowest BCUT2D eigenvalue weighted by Gasteiger charge is -2.24. The van der Waals surface area contributed by atoms with Gasteiger partial charge in [0.25, 0.3) is 0 Å². The number of hydrogen-bond donors (Lipinski definition) is 1. The zero-order valence-electron chi connectivity index (χ0n) is 11.6. The quantitative estimate of drug-likeness (QED) is 0.755. The molecule has 1 unspecified atom stereocenters. The summed E-state index contributed by atoms with van der Waals surface area (Å²) < 4.78 is 0. The minimum Gasteiger partial charge on any atom is -0.387 e. The van der Waals surface area contributed by atoms with Gasteiger partial charge in [-0.2, -0.15) is 0 Å². The molecule has 0 bridgehead atoms. The molecule has 2 rings (SSSR count). The van der Waals surface area contributed by atoms with Gasteiger partial charge in [-0.3, -0.25) is 4.90 Å². The minimum atomic E-state index is -0.599. The summed E-state index contributed by atoms with van der Waals surface area (Å²) in [5, 5.41) is 13.2. The SMILES string of the molecule is OC(CN(CCCl)CCCl)c1ccc(Cl)c2ccccc12. The third kappa shape index (κ3) is 4.24. The van der Waals surface area contributed by atoms with Crippen molar-refractivity contribution in [2.45, 2.75) is 6.10 Å². The van der Waals surface area contributed by atoms with Crippen molar-refractivity contribution < 1.29 is 5.11 Å². The molecule has 21 heavy (non-hydrogen) atoms. The van der Waals surface area contributed by atoms with Gasteiger partial charge in [0.2, 0.25) is 0 Å². The van der Waals surface area contributed by atoms with Crippen LogP contribution in [0.25, 0.3) is 10.8 Å². The number of aliphatic hydroxyl groups is 1. The molecule has 0 aromatic heterocycles. The number of hydrogen-bond acceptors (Lipinski definition) is 2. The maximum Gasteiger partial charge on any atom is 0.0922 e. The second-order valence-electron chi connectivity index (χ2n) is 4.88. The van der Waals surface area contributed by atoms with Gasteiger partial charge >= 0.3 is 0 Å². The number of halogens is 3. The van der Waals surface area contributed by atoms with Crippen LogP contribution in [0.2, 0.25) is 5.02 Å². The molecule has 5 heteroatoms. The average molecular weight is 347 g/mol. The van der Waals surface area contributed by atoms with Gasteiger partial charge < -0.3 is 5.11 Å². The van der Waals surface area contributed by atoms with Gasteiger partial charge in [0.15, 0.2) is 0 Å². The number of nitrogens with zero attached hydrogens (tertiary/aromatic N) is 1. The molecule has 114 valence electrons. The molecular weight excluding hydrogens is 329 g/mol. The topological polar surface area (TPSA) is 23.5 Å². The number of aliphatic hydroxyl groups excluding tert-OH is 1. The fourth-order valence-electron chi connectivity index (χ4n) is 2.45. The third-order valence-corrected chi connectivity index (χ3v) is 4.16. The van der Waals surface area contributed by atoms with Crippen LogP contribution >= 0.6 is 34.8 Å². The summed E-state index contributed by atoms with van der Waals surface area (Å²) in [6.45, 7) is 1.92. The van der Waals surface area contributed by atoms with Crippen molar-refractivity contribution >= 4 is 45.6 Å². The molecule has 0 heterocycles. The molecule has 1 N–H and O–H groups in total. The smallest absolute Gasteiger partial charge is 0.0922 e. The number of rotatable bonds is 7. The Kier molecular flexibility index (Phi) is 6.59. The number of alkyl halides is 2. The van der Waals surface area contributed by atoms with Crippen LogP contribution in [0, 0.1) is 0 Å². The van der Waals surface area contributed by atoms with Gasteiger partial charge in [0.05, 0.1) is 6.10 Å². The van der Waals surface area contributed by atoms with Crippen LogP contribution in [0.3, 0.4) is 0 Å².